The molecule has 4 rings (SSSR count). The van der Waals surface area contributed by atoms with Crippen LogP contribution in [-0.2, 0) is 19.3 Å². The SMILES string of the molecule is Cc1c2c(cc3c1CC[C@]1(C)[C@@H]([C@H](C)CC[C@H](C)C(C)C)CC[C@@H]31)CC(O)CC2. The Morgan fingerprint density at radius 1 is 1.03 bits per heavy atom. The van der Waals surface area contributed by atoms with E-state index in [1.807, 2.05) is 0 Å². The zero-order chi connectivity index (χ0) is 20.9. The summed E-state index contributed by atoms with van der Waals surface area (Å²) in [4.78, 5) is 0. The summed E-state index contributed by atoms with van der Waals surface area (Å²) in [5.41, 5.74) is 8.45. The van der Waals surface area contributed by atoms with Crippen molar-refractivity contribution in [2.45, 2.75) is 111 Å². The van der Waals surface area contributed by atoms with E-state index < -0.39 is 0 Å². The molecule has 1 aromatic rings. The van der Waals surface area contributed by atoms with Crippen LogP contribution in [0.5, 0.6) is 0 Å². The predicted molar refractivity (Wildman–Crippen MR) is 124 cm³/mol. The maximum Gasteiger partial charge on any atom is 0.0583 e. The molecule has 0 aliphatic heterocycles. The first-order valence-corrected chi connectivity index (χ1v) is 12.5. The van der Waals surface area contributed by atoms with Crippen LogP contribution in [0.2, 0.25) is 0 Å². The Bertz CT molecular complexity index is 747. The second-order valence-electron chi connectivity index (χ2n) is 11.6. The summed E-state index contributed by atoms with van der Waals surface area (Å²) >= 11 is 0. The third kappa shape index (κ3) is 3.71. The molecule has 0 radical (unpaired) electrons. The van der Waals surface area contributed by atoms with E-state index in [9.17, 15) is 5.11 Å². The lowest BCUT2D eigenvalue weighted by atomic mass is 9.59. The highest BCUT2D eigenvalue weighted by molar-refractivity contribution is 5.50. The predicted octanol–water partition coefficient (Wildman–Crippen LogP) is 7.00. The Morgan fingerprint density at radius 2 is 1.79 bits per heavy atom. The van der Waals surface area contributed by atoms with Crippen molar-refractivity contribution >= 4 is 0 Å². The van der Waals surface area contributed by atoms with Crippen molar-refractivity contribution in [2.75, 3.05) is 0 Å². The summed E-state index contributed by atoms with van der Waals surface area (Å²) in [5, 5.41) is 10.2. The summed E-state index contributed by atoms with van der Waals surface area (Å²) in [6, 6.07) is 2.55. The molecule has 29 heavy (non-hydrogen) atoms. The minimum Gasteiger partial charge on any atom is -0.393 e. The van der Waals surface area contributed by atoms with E-state index in [-0.39, 0.29) is 6.10 Å². The molecule has 1 unspecified atom stereocenters. The van der Waals surface area contributed by atoms with E-state index in [1.165, 1.54) is 44.1 Å². The Balaban J connectivity index is 1.58. The van der Waals surface area contributed by atoms with Crippen LogP contribution < -0.4 is 0 Å². The monoisotopic (exact) mass is 396 g/mol. The number of rotatable bonds is 5. The smallest absolute Gasteiger partial charge is 0.0583 e. The molecule has 1 N–H and O–H groups in total. The van der Waals surface area contributed by atoms with Gasteiger partial charge in [0, 0.05) is 0 Å². The lowest BCUT2D eigenvalue weighted by Crippen LogP contribution is -2.36. The summed E-state index contributed by atoms with van der Waals surface area (Å²) < 4.78 is 0. The summed E-state index contributed by atoms with van der Waals surface area (Å²) in [5.74, 6) is 4.11. The molecule has 6 atom stereocenters. The maximum absolute atomic E-state index is 10.2. The van der Waals surface area contributed by atoms with E-state index in [0.29, 0.717) is 5.41 Å². The van der Waals surface area contributed by atoms with Crippen LogP contribution in [0.4, 0.5) is 0 Å². The third-order valence-corrected chi connectivity index (χ3v) is 9.76. The van der Waals surface area contributed by atoms with Gasteiger partial charge in [0.1, 0.15) is 0 Å². The van der Waals surface area contributed by atoms with Crippen LogP contribution in [0.3, 0.4) is 0 Å². The first-order valence-electron chi connectivity index (χ1n) is 12.5. The number of hydrogen-bond donors (Lipinski definition) is 1. The molecule has 0 spiro atoms. The van der Waals surface area contributed by atoms with Gasteiger partial charge >= 0.3 is 0 Å². The molecule has 0 bridgehead atoms. The topological polar surface area (TPSA) is 20.2 Å². The van der Waals surface area contributed by atoms with Gasteiger partial charge in [0.05, 0.1) is 6.10 Å². The first-order chi connectivity index (χ1) is 13.7. The van der Waals surface area contributed by atoms with Crippen LogP contribution in [0.1, 0.15) is 107 Å². The highest BCUT2D eigenvalue weighted by Gasteiger charge is 2.51. The second-order valence-corrected chi connectivity index (χ2v) is 11.6. The summed E-state index contributed by atoms with van der Waals surface area (Å²) in [7, 11) is 0. The fourth-order valence-corrected chi connectivity index (χ4v) is 7.36. The zero-order valence-electron chi connectivity index (χ0n) is 19.9. The van der Waals surface area contributed by atoms with Crippen molar-refractivity contribution in [3.8, 4) is 0 Å². The Hall–Kier alpha value is -0.820. The third-order valence-electron chi connectivity index (χ3n) is 9.76. The van der Waals surface area contributed by atoms with Gasteiger partial charge in [0.15, 0.2) is 0 Å². The molecule has 0 saturated heterocycles. The summed E-state index contributed by atoms with van der Waals surface area (Å²) in [6.45, 7) is 14.7. The van der Waals surface area contributed by atoms with Crippen LogP contribution in [0.25, 0.3) is 0 Å². The minimum atomic E-state index is -0.130. The van der Waals surface area contributed by atoms with Crippen LogP contribution in [-0.4, -0.2) is 11.2 Å². The van der Waals surface area contributed by atoms with Gasteiger partial charge in [0.2, 0.25) is 0 Å². The van der Waals surface area contributed by atoms with E-state index >= 15 is 0 Å². The molecule has 1 fully saturated rings. The molecule has 0 amide bonds. The number of benzene rings is 1. The van der Waals surface area contributed by atoms with Gasteiger partial charge in [-0.05, 0) is 115 Å². The van der Waals surface area contributed by atoms with Gasteiger partial charge in [0.25, 0.3) is 0 Å². The number of fused-ring (bicyclic) bond motifs is 4. The van der Waals surface area contributed by atoms with Gasteiger partial charge in [-0.2, -0.15) is 0 Å². The molecular weight excluding hydrogens is 352 g/mol. The van der Waals surface area contributed by atoms with Gasteiger partial charge in [-0.25, -0.2) is 0 Å². The Labute approximate surface area is 179 Å². The molecular formula is C28H44O. The number of aliphatic hydroxyl groups excluding tert-OH is 1. The van der Waals surface area contributed by atoms with Gasteiger partial charge in [-0.1, -0.05) is 53.5 Å². The van der Waals surface area contributed by atoms with Crippen LogP contribution >= 0.6 is 0 Å². The number of aliphatic hydroxyl groups is 1. The van der Waals surface area contributed by atoms with E-state index in [1.54, 1.807) is 22.3 Å². The molecule has 1 nitrogen and oxygen atoms in total. The first kappa shape index (κ1) is 21.4. The van der Waals surface area contributed by atoms with Crippen molar-refractivity contribution in [3.63, 3.8) is 0 Å². The quantitative estimate of drug-likeness (QED) is 0.568. The molecule has 162 valence electrons. The number of hydrogen-bond acceptors (Lipinski definition) is 1. The van der Waals surface area contributed by atoms with E-state index in [4.69, 9.17) is 0 Å². The van der Waals surface area contributed by atoms with Crippen molar-refractivity contribution < 1.29 is 5.11 Å². The average molecular weight is 397 g/mol. The van der Waals surface area contributed by atoms with Gasteiger partial charge < -0.3 is 5.11 Å². The molecule has 3 aliphatic rings. The van der Waals surface area contributed by atoms with Crippen LogP contribution in [0, 0.1) is 36.0 Å². The lowest BCUT2D eigenvalue weighted by molar-refractivity contribution is 0.115. The standard InChI is InChI=1S/C28H44O/c1-17(2)18(3)7-8-19(4)26-11-12-27-25-16-21-15-22(29)9-10-23(21)20(5)24(25)13-14-28(26,27)6/h16-19,22,26-27,29H,7-15H2,1-6H3/t18-,19+,22?,26+,27-,28+/m0/s1. The fourth-order valence-electron chi connectivity index (χ4n) is 7.36. The average Bonchev–Trinajstić information content (AvgIpc) is 3.03. The molecule has 0 aromatic heterocycles. The summed E-state index contributed by atoms with van der Waals surface area (Å²) in [6.07, 6.45) is 11.0. The Kier molecular flexibility index (Phi) is 5.93. The maximum atomic E-state index is 10.2. The van der Waals surface area contributed by atoms with Crippen molar-refractivity contribution in [1.82, 2.24) is 0 Å². The van der Waals surface area contributed by atoms with Crippen molar-refractivity contribution in [2.24, 2.45) is 29.1 Å². The van der Waals surface area contributed by atoms with Crippen LogP contribution in [0.15, 0.2) is 6.07 Å². The van der Waals surface area contributed by atoms with Crippen molar-refractivity contribution in [3.05, 3.63) is 33.9 Å². The van der Waals surface area contributed by atoms with Crippen molar-refractivity contribution in [1.29, 1.82) is 0 Å². The largest absolute Gasteiger partial charge is 0.393 e. The zero-order valence-corrected chi connectivity index (χ0v) is 19.9. The molecule has 1 heteroatoms. The van der Waals surface area contributed by atoms with E-state index in [0.717, 1.165) is 48.9 Å². The van der Waals surface area contributed by atoms with Gasteiger partial charge in [-0.3, -0.25) is 0 Å². The van der Waals surface area contributed by atoms with E-state index in [2.05, 4.69) is 47.6 Å². The molecule has 1 aromatic carbocycles. The normalized spacial score (nSPS) is 33.2. The fraction of sp³-hybridized carbons (Fsp3) is 0.786. The van der Waals surface area contributed by atoms with Gasteiger partial charge in [-0.15, -0.1) is 0 Å². The highest BCUT2D eigenvalue weighted by atomic mass is 16.3. The molecule has 1 saturated carbocycles. The Morgan fingerprint density at radius 3 is 2.52 bits per heavy atom. The molecule has 0 heterocycles. The highest BCUT2D eigenvalue weighted by Crippen LogP contribution is 2.61. The second kappa shape index (κ2) is 8.03. The molecule has 3 aliphatic carbocycles. The minimum absolute atomic E-state index is 0.130. The lowest BCUT2D eigenvalue weighted by Gasteiger charge is -2.45.